The lowest BCUT2D eigenvalue weighted by molar-refractivity contribution is -0.139. The van der Waals surface area contributed by atoms with E-state index in [0.717, 1.165) is 4.31 Å². The molecule has 0 fully saturated rings. The van der Waals surface area contributed by atoms with Gasteiger partial charge >= 0.3 is 0 Å². The van der Waals surface area contributed by atoms with Crippen LogP contribution in [-0.2, 0) is 26.2 Å². The highest BCUT2D eigenvalue weighted by atomic mass is 35.5. The maximum atomic E-state index is 14.0. The number of benzene rings is 3. The summed E-state index contributed by atoms with van der Waals surface area (Å²) < 4.78 is 39.3. The van der Waals surface area contributed by atoms with E-state index in [2.05, 4.69) is 5.32 Å². The number of amides is 2. The molecule has 9 nitrogen and oxygen atoms in total. The van der Waals surface area contributed by atoms with E-state index in [-0.39, 0.29) is 34.0 Å². The van der Waals surface area contributed by atoms with E-state index in [0.29, 0.717) is 23.6 Å². The number of nitrogens with zero attached hydrogens (tertiary/aromatic N) is 2. The van der Waals surface area contributed by atoms with Crippen LogP contribution in [0.2, 0.25) is 5.02 Å². The molecule has 0 radical (unpaired) electrons. The first-order valence-corrected chi connectivity index (χ1v) is 14.9. The fourth-order valence-corrected chi connectivity index (χ4v) is 5.74. The Morgan fingerprint density at radius 1 is 0.927 bits per heavy atom. The Labute approximate surface area is 247 Å². The average Bonchev–Trinajstić information content (AvgIpc) is 2.97. The highest BCUT2D eigenvalue weighted by molar-refractivity contribution is 7.92. The van der Waals surface area contributed by atoms with Crippen LogP contribution >= 0.6 is 11.6 Å². The molecule has 0 saturated carbocycles. The van der Waals surface area contributed by atoms with E-state index in [1.54, 1.807) is 43.3 Å². The number of sulfonamides is 1. The fraction of sp³-hybridized carbons (Fsp3) is 0.333. The van der Waals surface area contributed by atoms with Crippen molar-refractivity contribution in [3.8, 4) is 11.5 Å². The van der Waals surface area contributed by atoms with Crippen LogP contribution in [-0.4, -0.2) is 58.5 Å². The summed E-state index contributed by atoms with van der Waals surface area (Å²) in [5.74, 6) is 0.230. The van der Waals surface area contributed by atoms with Crippen molar-refractivity contribution in [1.82, 2.24) is 10.2 Å². The van der Waals surface area contributed by atoms with E-state index in [1.807, 2.05) is 19.9 Å². The van der Waals surface area contributed by atoms with Crippen molar-refractivity contribution in [2.24, 2.45) is 5.92 Å². The van der Waals surface area contributed by atoms with E-state index >= 15 is 0 Å². The summed E-state index contributed by atoms with van der Waals surface area (Å²) in [5, 5.41) is 3.05. The summed E-state index contributed by atoms with van der Waals surface area (Å²) in [7, 11) is -1.22. The van der Waals surface area contributed by atoms with Gasteiger partial charge in [-0.2, -0.15) is 0 Å². The molecule has 1 N–H and O–H groups in total. The number of carbonyl (C=O) groups is 2. The van der Waals surface area contributed by atoms with Crippen molar-refractivity contribution in [3.05, 3.63) is 83.4 Å². The molecule has 41 heavy (non-hydrogen) atoms. The van der Waals surface area contributed by atoms with Crippen LogP contribution in [0.4, 0.5) is 5.69 Å². The molecule has 2 amide bonds. The Bertz CT molecular complexity index is 1450. The van der Waals surface area contributed by atoms with E-state index in [9.17, 15) is 18.0 Å². The van der Waals surface area contributed by atoms with Gasteiger partial charge in [-0.15, -0.1) is 0 Å². The lowest BCUT2D eigenvalue weighted by Gasteiger charge is -2.32. The molecule has 0 aliphatic carbocycles. The van der Waals surface area contributed by atoms with Gasteiger partial charge in [0, 0.05) is 13.1 Å². The van der Waals surface area contributed by atoms with E-state index < -0.39 is 28.5 Å². The minimum atomic E-state index is -4.20. The number of halogens is 1. The summed E-state index contributed by atoms with van der Waals surface area (Å²) in [6.45, 7) is 5.46. The van der Waals surface area contributed by atoms with Crippen molar-refractivity contribution in [2.45, 2.75) is 38.3 Å². The van der Waals surface area contributed by atoms with Gasteiger partial charge in [0.2, 0.25) is 11.8 Å². The number of ether oxygens (including phenoxy) is 2. The maximum Gasteiger partial charge on any atom is 0.264 e. The Morgan fingerprint density at radius 2 is 1.63 bits per heavy atom. The third-order valence-corrected chi connectivity index (χ3v) is 8.46. The number of nitrogens with one attached hydrogen (secondary N) is 1. The van der Waals surface area contributed by atoms with Gasteiger partial charge in [-0.3, -0.25) is 13.9 Å². The molecule has 0 spiro atoms. The summed E-state index contributed by atoms with van der Waals surface area (Å²) in [4.78, 5) is 28.5. The topological polar surface area (TPSA) is 105 Å². The Balaban J connectivity index is 2.04. The zero-order chi connectivity index (χ0) is 30.2. The summed E-state index contributed by atoms with van der Waals surface area (Å²) in [6.07, 6.45) is 0. The van der Waals surface area contributed by atoms with E-state index in [4.69, 9.17) is 21.1 Å². The normalized spacial score (nSPS) is 12.0. The Kier molecular flexibility index (Phi) is 11.0. The van der Waals surface area contributed by atoms with Crippen LogP contribution in [0.25, 0.3) is 0 Å². The van der Waals surface area contributed by atoms with Gasteiger partial charge in [0.15, 0.2) is 0 Å². The SMILES string of the molecule is COc1cccc(CN(C(=O)CN(c2ccc(OC)c(Cl)c2)S(=O)(=O)c2ccccc2)[C@H](C)C(=O)NCC(C)C)c1. The highest BCUT2D eigenvalue weighted by Gasteiger charge is 2.33. The zero-order valence-corrected chi connectivity index (χ0v) is 25.4. The lowest BCUT2D eigenvalue weighted by Crippen LogP contribution is -2.51. The third kappa shape index (κ3) is 8.14. The first kappa shape index (κ1) is 31.8. The first-order chi connectivity index (χ1) is 19.5. The molecule has 0 aliphatic heterocycles. The largest absolute Gasteiger partial charge is 0.497 e. The fourth-order valence-electron chi connectivity index (χ4n) is 4.06. The zero-order valence-electron chi connectivity index (χ0n) is 23.8. The second-order valence-corrected chi connectivity index (χ2v) is 12.1. The Hall–Kier alpha value is -3.76. The molecule has 11 heteroatoms. The molecule has 3 aromatic rings. The molecule has 3 rings (SSSR count). The second kappa shape index (κ2) is 14.2. The van der Waals surface area contributed by atoms with Crippen LogP contribution in [0, 0.1) is 5.92 Å². The Morgan fingerprint density at radius 3 is 2.24 bits per heavy atom. The molecule has 0 aliphatic rings. The summed E-state index contributed by atoms with van der Waals surface area (Å²) >= 11 is 6.35. The van der Waals surface area contributed by atoms with Gasteiger partial charge < -0.3 is 19.7 Å². The molecule has 0 heterocycles. The second-order valence-electron chi connectivity index (χ2n) is 9.83. The van der Waals surface area contributed by atoms with Gasteiger partial charge in [0.05, 0.1) is 29.8 Å². The lowest BCUT2D eigenvalue weighted by atomic mass is 10.1. The number of methoxy groups -OCH3 is 2. The molecular weight excluding hydrogens is 566 g/mol. The van der Waals surface area contributed by atoms with Crippen LogP contribution in [0.1, 0.15) is 26.3 Å². The molecule has 0 aromatic heterocycles. The predicted octanol–water partition coefficient (Wildman–Crippen LogP) is 4.74. The van der Waals surface area contributed by atoms with Crippen LogP contribution in [0.5, 0.6) is 11.5 Å². The molecule has 1 atom stereocenters. The van der Waals surface area contributed by atoms with Gasteiger partial charge in [-0.25, -0.2) is 8.42 Å². The number of anilines is 1. The monoisotopic (exact) mass is 601 g/mol. The van der Waals surface area contributed by atoms with Crippen molar-refractivity contribution in [1.29, 1.82) is 0 Å². The number of hydrogen-bond donors (Lipinski definition) is 1. The average molecular weight is 602 g/mol. The van der Waals surface area contributed by atoms with E-state index in [1.165, 1.54) is 49.5 Å². The minimum Gasteiger partial charge on any atom is -0.497 e. The molecule has 0 bridgehead atoms. The molecule has 3 aromatic carbocycles. The third-order valence-electron chi connectivity index (χ3n) is 6.37. The van der Waals surface area contributed by atoms with Gasteiger partial charge in [-0.1, -0.05) is 55.8 Å². The van der Waals surface area contributed by atoms with Crippen LogP contribution in [0.3, 0.4) is 0 Å². The van der Waals surface area contributed by atoms with Crippen molar-refractivity contribution >= 4 is 39.1 Å². The molecule has 0 saturated heterocycles. The first-order valence-electron chi connectivity index (χ1n) is 13.1. The quantitative estimate of drug-likeness (QED) is 0.303. The van der Waals surface area contributed by atoms with Gasteiger partial charge in [0.25, 0.3) is 10.0 Å². The molecular formula is C30H36ClN3O6S. The van der Waals surface area contributed by atoms with Crippen LogP contribution in [0.15, 0.2) is 77.7 Å². The maximum absolute atomic E-state index is 14.0. The van der Waals surface area contributed by atoms with Gasteiger partial charge in [0.1, 0.15) is 24.1 Å². The summed E-state index contributed by atoms with van der Waals surface area (Å²) in [5.41, 5.74) is 0.886. The summed E-state index contributed by atoms with van der Waals surface area (Å²) in [6, 6.07) is 18.5. The molecule has 0 unspecified atom stereocenters. The van der Waals surface area contributed by atoms with Crippen molar-refractivity contribution in [2.75, 3.05) is 31.6 Å². The highest BCUT2D eigenvalue weighted by Crippen LogP contribution is 2.32. The molecule has 220 valence electrons. The predicted molar refractivity (Wildman–Crippen MR) is 160 cm³/mol. The van der Waals surface area contributed by atoms with Gasteiger partial charge in [-0.05, 0) is 60.9 Å². The smallest absolute Gasteiger partial charge is 0.264 e. The standard InChI is InChI=1S/C30H36ClN3O6S/c1-21(2)18-32-30(36)22(3)33(19-23-10-9-11-25(16-23)39-4)29(35)20-34(24-14-15-28(40-5)27(31)17-24)41(37,38)26-12-7-6-8-13-26/h6-17,21-22H,18-20H2,1-5H3,(H,32,36)/t22-/m1/s1. The number of rotatable bonds is 13. The minimum absolute atomic E-state index is 0.00168. The van der Waals surface area contributed by atoms with Crippen molar-refractivity contribution in [3.63, 3.8) is 0 Å². The number of carbonyl (C=O) groups excluding carboxylic acids is 2. The van der Waals surface area contributed by atoms with Crippen LogP contribution < -0.4 is 19.1 Å². The number of hydrogen-bond acceptors (Lipinski definition) is 6. The van der Waals surface area contributed by atoms with Crippen molar-refractivity contribution < 1.29 is 27.5 Å².